The Hall–Kier alpha value is -2.51. The standard InChI is InChI=1S/C19H18N4OS2/c1-3-13-23-17(24)15(12-8-11-14-9-6-5-7-10-14)25-19(23)20-18-22-21-16(4-2)26-18/h3,5-12H,1,4,13H2,2H3/b11-8+,15-12+,20-19?. The van der Waals surface area contributed by atoms with Gasteiger partial charge in [-0.05, 0) is 29.8 Å². The molecule has 1 fully saturated rings. The Bertz CT molecular complexity index is 884. The summed E-state index contributed by atoms with van der Waals surface area (Å²) in [5.74, 6) is -0.0772. The summed E-state index contributed by atoms with van der Waals surface area (Å²) in [6.45, 7) is 6.16. The minimum absolute atomic E-state index is 0.0772. The molecule has 0 spiro atoms. The molecule has 0 saturated carbocycles. The van der Waals surface area contributed by atoms with E-state index in [1.165, 1.54) is 23.1 Å². The van der Waals surface area contributed by atoms with E-state index in [4.69, 9.17) is 0 Å². The zero-order valence-corrected chi connectivity index (χ0v) is 16.0. The molecule has 1 saturated heterocycles. The third-order valence-electron chi connectivity index (χ3n) is 3.49. The van der Waals surface area contributed by atoms with Crippen molar-refractivity contribution in [3.8, 4) is 0 Å². The van der Waals surface area contributed by atoms with E-state index < -0.39 is 0 Å². The zero-order valence-electron chi connectivity index (χ0n) is 14.3. The van der Waals surface area contributed by atoms with Crippen LogP contribution in [0.5, 0.6) is 0 Å². The highest BCUT2D eigenvalue weighted by molar-refractivity contribution is 8.18. The lowest BCUT2D eigenvalue weighted by Gasteiger charge is -2.11. The van der Waals surface area contributed by atoms with Crippen LogP contribution in [0.3, 0.4) is 0 Å². The van der Waals surface area contributed by atoms with Gasteiger partial charge < -0.3 is 0 Å². The highest BCUT2D eigenvalue weighted by atomic mass is 32.2. The highest BCUT2D eigenvalue weighted by Gasteiger charge is 2.32. The summed E-state index contributed by atoms with van der Waals surface area (Å²) in [7, 11) is 0. The number of hydrogen-bond acceptors (Lipinski definition) is 6. The molecule has 5 nitrogen and oxygen atoms in total. The van der Waals surface area contributed by atoms with E-state index in [0.717, 1.165) is 17.0 Å². The average molecular weight is 383 g/mol. The van der Waals surface area contributed by atoms with Crippen LogP contribution in [0.2, 0.25) is 0 Å². The number of aromatic nitrogens is 2. The van der Waals surface area contributed by atoms with Crippen molar-refractivity contribution in [2.45, 2.75) is 13.3 Å². The van der Waals surface area contributed by atoms with Crippen LogP contribution in [-0.4, -0.2) is 32.7 Å². The molecule has 0 aliphatic carbocycles. The lowest BCUT2D eigenvalue weighted by molar-refractivity contribution is -0.121. The number of nitrogens with zero attached hydrogens (tertiary/aromatic N) is 4. The normalized spacial score (nSPS) is 17.7. The predicted octanol–water partition coefficient (Wildman–Crippen LogP) is 4.45. The van der Waals surface area contributed by atoms with Crippen molar-refractivity contribution in [2.24, 2.45) is 4.99 Å². The molecule has 2 aromatic rings. The van der Waals surface area contributed by atoms with Crippen molar-refractivity contribution in [3.05, 3.63) is 70.6 Å². The fourth-order valence-electron chi connectivity index (χ4n) is 2.22. The van der Waals surface area contributed by atoms with Gasteiger partial charge in [-0.15, -0.1) is 16.8 Å². The molecular weight excluding hydrogens is 364 g/mol. The van der Waals surface area contributed by atoms with E-state index in [0.29, 0.717) is 21.7 Å². The minimum Gasteiger partial charge on any atom is -0.282 e. The Kier molecular flexibility index (Phi) is 6.14. The van der Waals surface area contributed by atoms with Gasteiger partial charge in [-0.25, -0.2) is 0 Å². The largest absolute Gasteiger partial charge is 0.282 e. The number of thioether (sulfide) groups is 1. The number of aryl methyl sites for hydroxylation is 1. The second-order valence-corrected chi connectivity index (χ2v) is 7.38. The molecule has 1 aromatic heterocycles. The first-order chi connectivity index (χ1) is 12.7. The SMILES string of the molecule is C=CCN1C(=O)/C(=C\C=C\c2ccccc2)SC1=Nc1nnc(CC)s1. The van der Waals surface area contributed by atoms with Crippen molar-refractivity contribution in [2.75, 3.05) is 6.54 Å². The smallest absolute Gasteiger partial charge is 0.267 e. The molecule has 0 bridgehead atoms. The van der Waals surface area contributed by atoms with Crippen LogP contribution in [-0.2, 0) is 11.2 Å². The highest BCUT2D eigenvalue weighted by Crippen LogP contribution is 2.33. The molecule has 7 heteroatoms. The van der Waals surface area contributed by atoms with Gasteiger partial charge in [0.1, 0.15) is 5.01 Å². The summed E-state index contributed by atoms with van der Waals surface area (Å²) in [5, 5.41) is 10.2. The molecule has 1 amide bonds. The quantitative estimate of drug-likeness (QED) is 0.547. The second-order valence-electron chi connectivity index (χ2n) is 5.33. The number of hydrogen-bond donors (Lipinski definition) is 0. The number of rotatable bonds is 6. The van der Waals surface area contributed by atoms with Crippen LogP contribution in [0.1, 0.15) is 17.5 Å². The number of amidine groups is 1. The third-order valence-corrected chi connectivity index (χ3v) is 5.47. The topological polar surface area (TPSA) is 58.5 Å². The molecular formula is C19H18N4OS2. The van der Waals surface area contributed by atoms with Crippen LogP contribution < -0.4 is 0 Å². The number of aliphatic imine (C=N–C) groups is 1. The molecule has 3 rings (SSSR count). The molecule has 1 aliphatic heterocycles. The summed E-state index contributed by atoms with van der Waals surface area (Å²) in [6.07, 6.45) is 8.17. The number of allylic oxidation sites excluding steroid dienone is 2. The van der Waals surface area contributed by atoms with Crippen LogP contribution in [0.25, 0.3) is 6.08 Å². The Morgan fingerprint density at radius 1 is 1.27 bits per heavy atom. The molecule has 0 radical (unpaired) electrons. The predicted molar refractivity (Wildman–Crippen MR) is 109 cm³/mol. The number of carbonyl (C=O) groups is 1. The lowest BCUT2D eigenvalue weighted by atomic mass is 10.2. The molecule has 132 valence electrons. The van der Waals surface area contributed by atoms with Gasteiger partial charge in [-0.1, -0.05) is 66.8 Å². The molecule has 0 N–H and O–H groups in total. The van der Waals surface area contributed by atoms with Crippen molar-refractivity contribution >= 4 is 45.4 Å². The van der Waals surface area contributed by atoms with Crippen LogP contribution >= 0.6 is 23.1 Å². The lowest BCUT2D eigenvalue weighted by Crippen LogP contribution is -2.29. The fraction of sp³-hybridized carbons (Fsp3) is 0.158. The summed E-state index contributed by atoms with van der Waals surface area (Å²) in [6, 6.07) is 9.95. The Morgan fingerprint density at radius 3 is 2.77 bits per heavy atom. The van der Waals surface area contributed by atoms with E-state index in [2.05, 4.69) is 21.8 Å². The van der Waals surface area contributed by atoms with Crippen molar-refractivity contribution in [3.63, 3.8) is 0 Å². The first-order valence-corrected chi connectivity index (χ1v) is 9.79. The van der Waals surface area contributed by atoms with Crippen molar-refractivity contribution in [1.82, 2.24) is 15.1 Å². The number of carbonyl (C=O) groups excluding carboxylic acids is 1. The molecule has 26 heavy (non-hydrogen) atoms. The summed E-state index contributed by atoms with van der Waals surface area (Å²) >= 11 is 2.78. The molecule has 1 aromatic carbocycles. The fourth-order valence-corrected chi connectivity index (χ4v) is 3.87. The molecule has 2 heterocycles. The number of benzene rings is 1. The van der Waals surface area contributed by atoms with E-state index >= 15 is 0 Å². The van der Waals surface area contributed by atoms with Crippen molar-refractivity contribution in [1.29, 1.82) is 0 Å². The van der Waals surface area contributed by atoms with Crippen molar-refractivity contribution < 1.29 is 4.79 Å². The van der Waals surface area contributed by atoms with E-state index in [-0.39, 0.29) is 5.91 Å². The third kappa shape index (κ3) is 4.36. The molecule has 1 aliphatic rings. The van der Waals surface area contributed by atoms with E-state index in [9.17, 15) is 4.79 Å². The molecule has 0 unspecified atom stereocenters. The van der Waals surface area contributed by atoms with Crippen LogP contribution in [0.15, 0.2) is 65.0 Å². The molecule has 0 atom stereocenters. The summed E-state index contributed by atoms with van der Waals surface area (Å²) in [4.78, 5) is 19.4. The van der Waals surface area contributed by atoms with E-state index in [1.54, 1.807) is 11.0 Å². The van der Waals surface area contributed by atoms with Gasteiger partial charge in [0.15, 0.2) is 5.17 Å². The van der Waals surface area contributed by atoms with Gasteiger partial charge in [-0.3, -0.25) is 9.69 Å². The zero-order chi connectivity index (χ0) is 18.4. The second kappa shape index (κ2) is 8.73. The summed E-state index contributed by atoms with van der Waals surface area (Å²) in [5.41, 5.74) is 1.08. The monoisotopic (exact) mass is 382 g/mol. The first-order valence-electron chi connectivity index (χ1n) is 8.16. The minimum atomic E-state index is -0.0772. The average Bonchev–Trinajstić information content (AvgIpc) is 3.23. The maximum Gasteiger partial charge on any atom is 0.267 e. The van der Waals surface area contributed by atoms with Gasteiger partial charge >= 0.3 is 0 Å². The van der Waals surface area contributed by atoms with Crippen LogP contribution in [0.4, 0.5) is 5.13 Å². The Labute approximate surface area is 160 Å². The first kappa shape index (κ1) is 18.3. The Morgan fingerprint density at radius 2 is 2.08 bits per heavy atom. The van der Waals surface area contributed by atoms with Crippen LogP contribution in [0, 0.1) is 0 Å². The summed E-state index contributed by atoms with van der Waals surface area (Å²) < 4.78 is 0. The Balaban J connectivity index is 1.82. The van der Waals surface area contributed by atoms with Gasteiger partial charge in [0.05, 0.1) is 4.91 Å². The van der Waals surface area contributed by atoms with Gasteiger partial charge in [0.25, 0.3) is 5.91 Å². The number of amides is 1. The van der Waals surface area contributed by atoms with Gasteiger partial charge in [0.2, 0.25) is 5.13 Å². The van der Waals surface area contributed by atoms with Gasteiger partial charge in [0, 0.05) is 6.54 Å². The van der Waals surface area contributed by atoms with E-state index in [1.807, 2.05) is 55.5 Å². The maximum absolute atomic E-state index is 12.6. The van der Waals surface area contributed by atoms with Gasteiger partial charge in [-0.2, -0.15) is 4.99 Å². The maximum atomic E-state index is 12.6.